The molecule has 0 unspecified atom stereocenters. The van der Waals surface area contributed by atoms with Gasteiger partial charge in [0.15, 0.2) is 0 Å². The van der Waals surface area contributed by atoms with Crippen molar-refractivity contribution in [3.63, 3.8) is 0 Å². The van der Waals surface area contributed by atoms with Crippen LogP contribution in [0.3, 0.4) is 0 Å². The highest BCUT2D eigenvalue weighted by molar-refractivity contribution is 6.31. The highest BCUT2D eigenvalue weighted by Gasteiger charge is 2.35. The molecule has 1 aromatic heterocycles. The van der Waals surface area contributed by atoms with Gasteiger partial charge in [-0.05, 0) is 61.2 Å². The molecule has 0 aliphatic carbocycles. The summed E-state index contributed by atoms with van der Waals surface area (Å²) in [4.78, 5) is 11.1. The zero-order chi connectivity index (χ0) is 22.2. The van der Waals surface area contributed by atoms with Crippen molar-refractivity contribution < 1.29 is 27.8 Å². The van der Waals surface area contributed by atoms with Crippen molar-refractivity contribution in [1.29, 1.82) is 0 Å². The van der Waals surface area contributed by atoms with Gasteiger partial charge in [-0.1, -0.05) is 17.7 Å². The van der Waals surface area contributed by atoms with E-state index in [0.717, 1.165) is 24.5 Å². The Hall–Kier alpha value is -3.00. The van der Waals surface area contributed by atoms with Gasteiger partial charge in [-0.15, -0.1) is 0 Å². The second-order valence-corrected chi connectivity index (χ2v) is 7.65. The van der Waals surface area contributed by atoms with E-state index in [1.807, 2.05) is 0 Å². The number of aromatic nitrogens is 2. The van der Waals surface area contributed by atoms with Gasteiger partial charge in [0.1, 0.15) is 0 Å². The fourth-order valence-electron chi connectivity index (χ4n) is 3.68. The van der Waals surface area contributed by atoms with Crippen molar-refractivity contribution in [3.05, 3.63) is 75.4 Å². The van der Waals surface area contributed by atoms with Crippen molar-refractivity contribution in [2.45, 2.75) is 31.9 Å². The van der Waals surface area contributed by atoms with E-state index in [9.17, 15) is 18.0 Å². The molecule has 162 valence electrons. The maximum absolute atomic E-state index is 13.6. The summed E-state index contributed by atoms with van der Waals surface area (Å²) >= 11 is 6.15. The molecule has 2 aromatic carbocycles. The van der Waals surface area contributed by atoms with Crippen molar-refractivity contribution in [2.75, 3.05) is 6.61 Å². The van der Waals surface area contributed by atoms with Gasteiger partial charge in [-0.3, -0.25) is 0 Å². The first-order valence-electron chi connectivity index (χ1n) is 9.67. The van der Waals surface area contributed by atoms with Gasteiger partial charge < -0.3 is 9.84 Å². The van der Waals surface area contributed by atoms with Gasteiger partial charge in [0, 0.05) is 17.0 Å². The second kappa shape index (κ2) is 8.26. The van der Waals surface area contributed by atoms with Crippen LogP contribution in [0.2, 0.25) is 5.02 Å². The standard InChI is InChI=1S/C22H18ClF3N2O3/c23-18-6-3-5-17(22(24,25)26)16(18)12-19-15-4-1-2-11-31-20(15)28(27-19)14-9-7-13(8-10-14)21(29)30/h3,5-10H,1-2,4,11-12H2,(H,29,30). The monoisotopic (exact) mass is 450 g/mol. The molecule has 0 saturated carbocycles. The second-order valence-electron chi connectivity index (χ2n) is 7.24. The van der Waals surface area contributed by atoms with E-state index in [-0.39, 0.29) is 22.6 Å². The molecule has 1 aliphatic rings. The maximum atomic E-state index is 13.6. The molecule has 0 spiro atoms. The number of hydrogen-bond acceptors (Lipinski definition) is 3. The number of carbonyl (C=O) groups is 1. The lowest BCUT2D eigenvalue weighted by molar-refractivity contribution is -0.138. The lowest BCUT2D eigenvalue weighted by atomic mass is 9.99. The SMILES string of the molecule is O=C(O)c1ccc(-n2nc(Cc3c(Cl)cccc3C(F)(F)F)c3c2OCCCC3)cc1. The number of alkyl halides is 3. The third kappa shape index (κ3) is 4.25. The first-order chi connectivity index (χ1) is 14.8. The quantitative estimate of drug-likeness (QED) is 0.566. The van der Waals surface area contributed by atoms with E-state index in [1.165, 1.54) is 28.9 Å². The van der Waals surface area contributed by atoms with Crippen molar-refractivity contribution >= 4 is 17.6 Å². The molecule has 2 heterocycles. The summed E-state index contributed by atoms with van der Waals surface area (Å²) in [6, 6.07) is 9.79. The Kier molecular flexibility index (Phi) is 5.66. The van der Waals surface area contributed by atoms with Crippen LogP contribution >= 0.6 is 11.6 Å². The smallest absolute Gasteiger partial charge is 0.416 e. The number of carboxylic acid groups (broad SMARTS) is 1. The third-order valence-corrected chi connectivity index (χ3v) is 5.56. The number of carboxylic acids is 1. The number of benzene rings is 2. The summed E-state index contributed by atoms with van der Waals surface area (Å²) in [7, 11) is 0. The molecular weight excluding hydrogens is 433 g/mol. The first-order valence-corrected chi connectivity index (χ1v) is 10.1. The number of hydrogen-bond donors (Lipinski definition) is 1. The van der Waals surface area contributed by atoms with Gasteiger partial charge in [0.25, 0.3) is 0 Å². The summed E-state index contributed by atoms with van der Waals surface area (Å²) in [5.74, 6) is -0.586. The number of fused-ring (bicyclic) bond motifs is 1. The van der Waals surface area contributed by atoms with Crippen molar-refractivity contribution in [1.82, 2.24) is 9.78 Å². The Morgan fingerprint density at radius 2 is 1.90 bits per heavy atom. The number of ether oxygens (including phenoxy) is 1. The van der Waals surface area contributed by atoms with E-state index in [2.05, 4.69) is 5.10 Å². The summed E-state index contributed by atoms with van der Waals surface area (Å²) in [5, 5.41) is 13.7. The molecule has 4 rings (SSSR count). The average molecular weight is 451 g/mol. The molecule has 0 saturated heterocycles. The molecule has 0 amide bonds. The Bertz CT molecular complexity index is 1120. The molecule has 9 heteroatoms. The summed E-state index contributed by atoms with van der Waals surface area (Å²) in [5.41, 5.74) is 1.06. The van der Waals surface area contributed by atoms with Crippen LogP contribution in [0.5, 0.6) is 5.88 Å². The zero-order valence-electron chi connectivity index (χ0n) is 16.2. The molecule has 0 bridgehead atoms. The largest absolute Gasteiger partial charge is 0.478 e. The van der Waals surface area contributed by atoms with Crippen LogP contribution in [-0.4, -0.2) is 27.5 Å². The normalized spacial score (nSPS) is 13.9. The van der Waals surface area contributed by atoms with E-state index in [0.29, 0.717) is 30.3 Å². The minimum Gasteiger partial charge on any atom is -0.478 e. The Morgan fingerprint density at radius 3 is 2.58 bits per heavy atom. The van der Waals surface area contributed by atoms with E-state index in [4.69, 9.17) is 21.4 Å². The predicted octanol–water partition coefficient (Wildman–Crippen LogP) is 5.55. The minimum atomic E-state index is -4.54. The van der Waals surface area contributed by atoms with Gasteiger partial charge in [0.05, 0.1) is 29.1 Å². The molecule has 0 atom stereocenters. The lowest BCUT2D eigenvalue weighted by Crippen LogP contribution is -2.11. The van der Waals surface area contributed by atoms with Crippen LogP contribution in [0.1, 0.15) is 45.6 Å². The first kappa shape index (κ1) is 21.2. The number of halogens is 4. The number of rotatable bonds is 4. The van der Waals surface area contributed by atoms with E-state index < -0.39 is 17.7 Å². The number of nitrogens with zero attached hydrogens (tertiary/aromatic N) is 2. The molecule has 3 aromatic rings. The predicted molar refractivity (Wildman–Crippen MR) is 108 cm³/mol. The summed E-state index contributed by atoms with van der Waals surface area (Å²) in [6.07, 6.45) is -2.39. The third-order valence-electron chi connectivity index (χ3n) is 5.21. The molecule has 5 nitrogen and oxygen atoms in total. The zero-order valence-corrected chi connectivity index (χ0v) is 17.0. The highest BCUT2D eigenvalue weighted by Crippen LogP contribution is 2.38. The summed E-state index contributed by atoms with van der Waals surface area (Å²) in [6.45, 7) is 0.464. The topological polar surface area (TPSA) is 64.3 Å². The van der Waals surface area contributed by atoms with Gasteiger partial charge in [-0.25, -0.2) is 9.48 Å². The molecule has 31 heavy (non-hydrogen) atoms. The fourth-order valence-corrected chi connectivity index (χ4v) is 3.92. The lowest BCUT2D eigenvalue weighted by Gasteiger charge is -2.14. The molecule has 1 aliphatic heterocycles. The van der Waals surface area contributed by atoms with Gasteiger partial charge in [-0.2, -0.15) is 18.3 Å². The summed E-state index contributed by atoms with van der Waals surface area (Å²) < 4.78 is 48.1. The van der Waals surface area contributed by atoms with Crippen LogP contribution in [0.25, 0.3) is 5.69 Å². The fraction of sp³-hybridized carbons (Fsp3) is 0.273. The molecule has 0 fully saturated rings. The minimum absolute atomic E-state index is 0.0264. The molecule has 1 N–H and O–H groups in total. The number of aromatic carboxylic acids is 1. The van der Waals surface area contributed by atoms with Crippen LogP contribution in [0.4, 0.5) is 13.2 Å². The maximum Gasteiger partial charge on any atom is 0.416 e. The van der Waals surface area contributed by atoms with Crippen LogP contribution in [0.15, 0.2) is 42.5 Å². The van der Waals surface area contributed by atoms with Crippen LogP contribution < -0.4 is 4.74 Å². The Balaban J connectivity index is 1.81. The van der Waals surface area contributed by atoms with Gasteiger partial charge in [0.2, 0.25) is 5.88 Å². The molecular formula is C22H18ClF3N2O3. The highest BCUT2D eigenvalue weighted by atomic mass is 35.5. The average Bonchev–Trinajstić information content (AvgIpc) is 2.89. The van der Waals surface area contributed by atoms with E-state index >= 15 is 0 Å². The van der Waals surface area contributed by atoms with Crippen molar-refractivity contribution in [3.8, 4) is 11.6 Å². The molecule has 0 radical (unpaired) electrons. The van der Waals surface area contributed by atoms with Gasteiger partial charge >= 0.3 is 12.1 Å². The Morgan fingerprint density at radius 1 is 1.16 bits per heavy atom. The van der Waals surface area contributed by atoms with Crippen LogP contribution in [-0.2, 0) is 19.0 Å². The Labute approximate surface area is 181 Å². The van der Waals surface area contributed by atoms with E-state index in [1.54, 1.807) is 12.1 Å². The van der Waals surface area contributed by atoms with Crippen molar-refractivity contribution in [2.24, 2.45) is 0 Å². The van der Waals surface area contributed by atoms with Crippen LogP contribution in [0, 0.1) is 0 Å².